The summed E-state index contributed by atoms with van der Waals surface area (Å²) in [5.74, 6) is 1.61. The lowest BCUT2D eigenvalue weighted by Crippen LogP contribution is -2.55. The van der Waals surface area contributed by atoms with E-state index in [1.54, 1.807) is 0 Å². The first-order valence-corrected chi connectivity index (χ1v) is 7.90. The minimum Gasteiger partial charge on any atom is -0.322 e. The first kappa shape index (κ1) is 13.4. The van der Waals surface area contributed by atoms with Gasteiger partial charge in [-0.25, -0.2) is 0 Å². The Morgan fingerprint density at radius 2 is 1.95 bits per heavy atom. The van der Waals surface area contributed by atoms with E-state index in [1.807, 2.05) is 0 Å². The van der Waals surface area contributed by atoms with Crippen LogP contribution < -0.4 is 5.32 Å². The van der Waals surface area contributed by atoms with Crippen LogP contribution >= 0.6 is 0 Å². The first-order valence-electron chi connectivity index (χ1n) is 7.90. The highest BCUT2D eigenvalue weighted by Crippen LogP contribution is 2.34. The number of nitrogens with one attached hydrogen (secondary N) is 1. The maximum Gasteiger partial charge on any atom is 0.238 e. The molecule has 3 rings (SSSR count). The van der Waals surface area contributed by atoms with Crippen LogP contribution in [0.25, 0.3) is 0 Å². The molecule has 19 heavy (non-hydrogen) atoms. The molecule has 1 aliphatic carbocycles. The molecule has 2 heterocycles. The Bertz CT molecular complexity index is 340. The molecule has 0 radical (unpaired) electrons. The zero-order valence-corrected chi connectivity index (χ0v) is 12.3. The summed E-state index contributed by atoms with van der Waals surface area (Å²) in [6.45, 7) is 5.10. The molecule has 0 aromatic carbocycles. The third-order valence-corrected chi connectivity index (χ3v) is 5.32. The second kappa shape index (κ2) is 5.41. The summed E-state index contributed by atoms with van der Waals surface area (Å²) in [7, 11) is 2.19. The van der Waals surface area contributed by atoms with Crippen molar-refractivity contribution in [2.24, 2.45) is 11.8 Å². The Hall–Kier alpha value is -0.610. The predicted molar refractivity (Wildman–Crippen MR) is 75.7 cm³/mol. The second-order valence-corrected chi connectivity index (χ2v) is 6.77. The lowest BCUT2D eigenvalue weighted by atomic mass is 9.91. The number of hydrogen-bond donors (Lipinski definition) is 1. The highest BCUT2D eigenvalue weighted by atomic mass is 16.2. The maximum absolute atomic E-state index is 12.3. The standard InChI is InChI=1S/C15H27N3O/c1-11-10-17(2)8-7-13(11)18-14(19)9-16-15(18)12-5-3-4-6-12/h11-13,15-16H,3-10H2,1-2H3. The van der Waals surface area contributed by atoms with Gasteiger partial charge in [-0.05, 0) is 44.7 Å². The molecular weight excluding hydrogens is 238 g/mol. The summed E-state index contributed by atoms with van der Waals surface area (Å²) in [6, 6.07) is 0.448. The summed E-state index contributed by atoms with van der Waals surface area (Å²) in [5.41, 5.74) is 0. The van der Waals surface area contributed by atoms with Crippen molar-refractivity contribution in [2.45, 2.75) is 51.2 Å². The lowest BCUT2D eigenvalue weighted by molar-refractivity contribution is -0.133. The lowest BCUT2D eigenvalue weighted by Gasteiger charge is -2.43. The number of carbonyl (C=O) groups is 1. The second-order valence-electron chi connectivity index (χ2n) is 6.77. The van der Waals surface area contributed by atoms with Crippen LogP contribution in [0, 0.1) is 11.8 Å². The number of likely N-dealkylation sites (tertiary alicyclic amines) is 1. The van der Waals surface area contributed by atoms with E-state index in [1.165, 1.54) is 25.7 Å². The summed E-state index contributed by atoms with van der Waals surface area (Å²) in [5, 5.41) is 3.49. The van der Waals surface area contributed by atoms with Crippen LogP contribution in [0.15, 0.2) is 0 Å². The highest BCUT2D eigenvalue weighted by Gasteiger charge is 2.43. The number of amides is 1. The molecule has 0 bridgehead atoms. The van der Waals surface area contributed by atoms with Gasteiger partial charge in [-0.3, -0.25) is 10.1 Å². The topological polar surface area (TPSA) is 35.6 Å². The Labute approximate surface area is 116 Å². The van der Waals surface area contributed by atoms with Crippen molar-refractivity contribution in [1.82, 2.24) is 15.1 Å². The van der Waals surface area contributed by atoms with Gasteiger partial charge in [-0.1, -0.05) is 19.8 Å². The average Bonchev–Trinajstić information content (AvgIpc) is 2.99. The van der Waals surface area contributed by atoms with Gasteiger partial charge in [-0.15, -0.1) is 0 Å². The number of hydrogen-bond acceptors (Lipinski definition) is 3. The molecule has 4 heteroatoms. The Morgan fingerprint density at radius 1 is 1.21 bits per heavy atom. The van der Waals surface area contributed by atoms with E-state index in [9.17, 15) is 4.79 Å². The van der Waals surface area contributed by atoms with Gasteiger partial charge < -0.3 is 9.80 Å². The van der Waals surface area contributed by atoms with Crippen molar-refractivity contribution >= 4 is 5.91 Å². The van der Waals surface area contributed by atoms with Gasteiger partial charge in [0.15, 0.2) is 0 Å². The van der Waals surface area contributed by atoms with Crippen LogP contribution in [-0.4, -0.2) is 54.6 Å². The molecule has 3 atom stereocenters. The molecule has 2 saturated heterocycles. The number of piperidine rings is 1. The third-order valence-electron chi connectivity index (χ3n) is 5.32. The fourth-order valence-electron chi connectivity index (χ4n) is 4.35. The highest BCUT2D eigenvalue weighted by molar-refractivity contribution is 5.81. The van der Waals surface area contributed by atoms with Crippen molar-refractivity contribution in [1.29, 1.82) is 0 Å². The largest absolute Gasteiger partial charge is 0.322 e. The number of rotatable bonds is 2. The summed E-state index contributed by atoms with van der Waals surface area (Å²) < 4.78 is 0. The number of nitrogens with zero attached hydrogens (tertiary/aromatic N) is 2. The molecule has 3 fully saturated rings. The quantitative estimate of drug-likeness (QED) is 0.817. The van der Waals surface area contributed by atoms with Crippen LogP contribution in [-0.2, 0) is 4.79 Å². The molecule has 3 unspecified atom stereocenters. The van der Waals surface area contributed by atoms with E-state index in [0.717, 1.165) is 19.5 Å². The molecule has 4 nitrogen and oxygen atoms in total. The van der Waals surface area contributed by atoms with E-state index in [0.29, 0.717) is 36.5 Å². The van der Waals surface area contributed by atoms with E-state index in [-0.39, 0.29) is 0 Å². The Kier molecular flexibility index (Phi) is 3.81. The van der Waals surface area contributed by atoms with Crippen LogP contribution in [0.4, 0.5) is 0 Å². The molecule has 108 valence electrons. The third kappa shape index (κ3) is 2.52. The summed E-state index contributed by atoms with van der Waals surface area (Å²) >= 11 is 0. The SMILES string of the molecule is CC1CN(C)CCC1N1C(=O)CNC1C1CCCC1. The molecule has 1 N–H and O–H groups in total. The van der Waals surface area contributed by atoms with Gasteiger partial charge >= 0.3 is 0 Å². The summed E-state index contributed by atoms with van der Waals surface area (Å²) in [6.07, 6.45) is 6.73. The van der Waals surface area contributed by atoms with E-state index in [4.69, 9.17) is 0 Å². The van der Waals surface area contributed by atoms with E-state index in [2.05, 4.69) is 29.1 Å². The van der Waals surface area contributed by atoms with Crippen molar-refractivity contribution in [3.8, 4) is 0 Å². The molecule has 1 saturated carbocycles. The Morgan fingerprint density at radius 3 is 2.63 bits per heavy atom. The van der Waals surface area contributed by atoms with E-state index < -0.39 is 0 Å². The molecule has 0 aromatic heterocycles. The minimum absolute atomic E-state index is 0.325. The molecule has 1 amide bonds. The van der Waals surface area contributed by atoms with Gasteiger partial charge in [-0.2, -0.15) is 0 Å². The van der Waals surface area contributed by atoms with Crippen molar-refractivity contribution < 1.29 is 4.79 Å². The smallest absolute Gasteiger partial charge is 0.238 e. The van der Waals surface area contributed by atoms with Crippen molar-refractivity contribution in [2.75, 3.05) is 26.7 Å². The first-order chi connectivity index (χ1) is 9.16. The molecular formula is C15H27N3O. The fourth-order valence-corrected chi connectivity index (χ4v) is 4.35. The van der Waals surface area contributed by atoms with Crippen molar-refractivity contribution in [3.63, 3.8) is 0 Å². The Balaban J connectivity index is 1.74. The van der Waals surface area contributed by atoms with Crippen LogP contribution in [0.1, 0.15) is 39.0 Å². The molecule has 2 aliphatic heterocycles. The average molecular weight is 265 g/mol. The van der Waals surface area contributed by atoms with Gasteiger partial charge in [0.25, 0.3) is 0 Å². The van der Waals surface area contributed by atoms with Crippen molar-refractivity contribution in [3.05, 3.63) is 0 Å². The van der Waals surface area contributed by atoms with Crippen LogP contribution in [0.5, 0.6) is 0 Å². The maximum atomic E-state index is 12.3. The van der Waals surface area contributed by atoms with Gasteiger partial charge in [0, 0.05) is 12.6 Å². The minimum atomic E-state index is 0.325. The van der Waals surface area contributed by atoms with E-state index >= 15 is 0 Å². The molecule has 0 aromatic rings. The van der Waals surface area contributed by atoms with Crippen LogP contribution in [0.3, 0.4) is 0 Å². The summed E-state index contributed by atoms with van der Waals surface area (Å²) in [4.78, 5) is 16.9. The molecule has 3 aliphatic rings. The van der Waals surface area contributed by atoms with Crippen LogP contribution in [0.2, 0.25) is 0 Å². The number of carbonyl (C=O) groups excluding carboxylic acids is 1. The monoisotopic (exact) mass is 265 g/mol. The zero-order chi connectivity index (χ0) is 13.4. The fraction of sp³-hybridized carbons (Fsp3) is 0.933. The normalized spacial score (nSPS) is 38.3. The predicted octanol–water partition coefficient (Wildman–Crippen LogP) is 1.27. The van der Waals surface area contributed by atoms with Gasteiger partial charge in [0.1, 0.15) is 0 Å². The zero-order valence-electron chi connectivity index (χ0n) is 12.3. The van der Waals surface area contributed by atoms with Gasteiger partial charge in [0.05, 0.1) is 12.7 Å². The van der Waals surface area contributed by atoms with Gasteiger partial charge in [0.2, 0.25) is 5.91 Å². The molecule has 0 spiro atoms.